The summed E-state index contributed by atoms with van der Waals surface area (Å²) in [7, 11) is 3.19. The fraction of sp³-hybridized carbons (Fsp3) is 0.143. The molecule has 174 valence electrons. The van der Waals surface area contributed by atoms with Gasteiger partial charge in [0.2, 0.25) is 0 Å². The average molecular weight is 465 g/mol. The SMILES string of the molecule is Cc1ccc(-c2c3c(=O)n(C)c(=O)n(C)c3c3n2-c2ccccc2N[C@H]3c2ccccc2O)cc1. The first-order valence-electron chi connectivity index (χ1n) is 11.4. The molecule has 1 aliphatic heterocycles. The molecule has 2 N–H and O–H groups in total. The summed E-state index contributed by atoms with van der Waals surface area (Å²) in [6.07, 6.45) is 0. The number of phenolic OH excluding ortho intramolecular Hbond substituents is 1. The third kappa shape index (κ3) is 2.91. The third-order valence-electron chi connectivity index (χ3n) is 6.90. The van der Waals surface area contributed by atoms with Crippen molar-refractivity contribution in [2.45, 2.75) is 13.0 Å². The second-order valence-corrected chi connectivity index (χ2v) is 9.02. The molecule has 0 fully saturated rings. The van der Waals surface area contributed by atoms with Crippen molar-refractivity contribution in [1.82, 2.24) is 13.7 Å². The number of aromatic hydroxyl groups is 1. The van der Waals surface area contributed by atoms with Gasteiger partial charge < -0.3 is 15.0 Å². The van der Waals surface area contributed by atoms with Gasteiger partial charge in [-0.15, -0.1) is 0 Å². The topological polar surface area (TPSA) is 81.2 Å². The Hall–Kier alpha value is -4.52. The highest BCUT2D eigenvalue weighted by molar-refractivity contribution is 5.99. The summed E-state index contributed by atoms with van der Waals surface area (Å²) in [5, 5.41) is 14.8. The first-order chi connectivity index (χ1) is 16.9. The highest BCUT2D eigenvalue weighted by atomic mass is 16.3. The average Bonchev–Trinajstić information content (AvgIpc) is 3.23. The molecular formula is C28H24N4O3. The molecule has 1 aliphatic rings. The fourth-order valence-electron chi connectivity index (χ4n) is 5.17. The van der Waals surface area contributed by atoms with Crippen molar-refractivity contribution in [2.75, 3.05) is 5.32 Å². The van der Waals surface area contributed by atoms with E-state index >= 15 is 0 Å². The zero-order valence-corrected chi connectivity index (χ0v) is 19.6. The lowest BCUT2D eigenvalue weighted by molar-refractivity contribution is 0.465. The molecule has 7 nitrogen and oxygen atoms in total. The van der Waals surface area contributed by atoms with Gasteiger partial charge in [-0.3, -0.25) is 13.9 Å². The van der Waals surface area contributed by atoms with E-state index in [1.165, 1.54) is 11.6 Å². The Bertz CT molecular complexity index is 1760. The van der Waals surface area contributed by atoms with E-state index in [0.29, 0.717) is 16.5 Å². The van der Waals surface area contributed by atoms with E-state index in [0.717, 1.165) is 38.5 Å². The van der Waals surface area contributed by atoms with Crippen LogP contribution in [0.2, 0.25) is 0 Å². The molecule has 1 atom stereocenters. The molecule has 0 aliphatic carbocycles. The summed E-state index contributed by atoms with van der Waals surface area (Å²) in [5.41, 5.74) is 5.62. The Labute approximate surface area is 201 Å². The molecular weight excluding hydrogens is 440 g/mol. The third-order valence-corrected chi connectivity index (χ3v) is 6.90. The molecule has 0 saturated carbocycles. The second kappa shape index (κ2) is 7.50. The Morgan fingerprint density at radius 1 is 0.857 bits per heavy atom. The van der Waals surface area contributed by atoms with Crippen LogP contribution in [0, 0.1) is 6.92 Å². The van der Waals surface area contributed by atoms with Crippen LogP contribution in [0.15, 0.2) is 82.4 Å². The zero-order valence-electron chi connectivity index (χ0n) is 19.6. The number of nitrogens with one attached hydrogen (secondary N) is 1. The molecule has 35 heavy (non-hydrogen) atoms. The minimum atomic E-state index is -0.495. The van der Waals surface area contributed by atoms with Crippen LogP contribution in [0.4, 0.5) is 5.69 Å². The predicted octanol–water partition coefficient (Wildman–Crippen LogP) is 4.22. The van der Waals surface area contributed by atoms with Crippen molar-refractivity contribution >= 4 is 16.6 Å². The zero-order chi connectivity index (χ0) is 24.4. The number of para-hydroxylation sites is 3. The number of aromatic nitrogens is 3. The van der Waals surface area contributed by atoms with Gasteiger partial charge >= 0.3 is 5.69 Å². The van der Waals surface area contributed by atoms with E-state index in [1.807, 2.05) is 67.6 Å². The maximum Gasteiger partial charge on any atom is 0.331 e. The normalized spacial score (nSPS) is 14.4. The second-order valence-electron chi connectivity index (χ2n) is 9.02. The van der Waals surface area contributed by atoms with Crippen molar-refractivity contribution in [1.29, 1.82) is 0 Å². The molecule has 0 saturated heterocycles. The standard InChI is InChI=1S/C28H24N4O3/c1-16-12-14-17(15-13-16)24-22-25(30(2)28(35)31(3)27(22)34)26-23(18-8-4-7-11-21(18)33)29-19-9-5-6-10-20(19)32(24)26/h4-15,23,29,33H,1-3H3/t23-/m0/s1. The maximum absolute atomic E-state index is 13.7. The van der Waals surface area contributed by atoms with Gasteiger partial charge in [-0.05, 0) is 30.7 Å². The number of anilines is 1. The van der Waals surface area contributed by atoms with Crippen molar-refractivity contribution in [2.24, 2.45) is 14.1 Å². The van der Waals surface area contributed by atoms with Crippen LogP contribution in [-0.2, 0) is 14.1 Å². The number of benzene rings is 3. The Kier molecular flexibility index (Phi) is 4.51. The van der Waals surface area contributed by atoms with Crippen LogP contribution < -0.4 is 16.6 Å². The number of hydrogen-bond acceptors (Lipinski definition) is 4. The number of fused-ring (bicyclic) bond motifs is 5. The van der Waals surface area contributed by atoms with Gasteiger partial charge in [0.1, 0.15) is 5.75 Å². The quantitative estimate of drug-likeness (QED) is 0.410. The number of phenols is 1. The van der Waals surface area contributed by atoms with Crippen LogP contribution >= 0.6 is 0 Å². The molecule has 3 aromatic carbocycles. The minimum absolute atomic E-state index is 0.135. The lowest BCUT2D eigenvalue weighted by Gasteiger charge is -2.31. The highest BCUT2D eigenvalue weighted by Gasteiger charge is 2.35. The van der Waals surface area contributed by atoms with Crippen molar-refractivity contribution in [3.8, 4) is 22.7 Å². The summed E-state index contributed by atoms with van der Waals surface area (Å²) in [5.74, 6) is 0.135. The molecule has 0 unspecified atom stereocenters. The number of aryl methyl sites for hydroxylation is 2. The molecule has 6 rings (SSSR count). The summed E-state index contributed by atoms with van der Waals surface area (Å²) >= 11 is 0. The Morgan fingerprint density at radius 2 is 1.54 bits per heavy atom. The lowest BCUT2D eigenvalue weighted by Crippen LogP contribution is -2.37. The predicted molar refractivity (Wildman–Crippen MR) is 138 cm³/mol. The van der Waals surface area contributed by atoms with E-state index in [1.54, 1.807) is 19.2 Å². The van der Waals surface area contributed by atoms with E-state index in [4.69, 9.17) is 0 Å². The van der Waals surface area contributed by atoms with E-state index in [2.05, 4.69) is 9.88 Å². The van der Waals surface area contributed by atoms with Crippen LogP contribution in [0.5, 0.6) is 5.75 Å². The van der Waals surface area contributed by atoms with Gasteiger partial charge in [-0.2, -0.15) is 0 Å². The van der Waals surface area contributed by atoms with Crippen molar-refractivity contribution in [3.63, 3.8) is 0 Å². The van der Waals surface area contributed by atoms with Gasteiger partial charge in [0.05, 0.1) is 39.7 Å². The van der Waals surface area contributed by atoms with Crippen LogP contribution in [0.25, 0.3) is 27.8 Å². The Balaban J connectivity index is 1.88. The summed E-state index contributed by atoms with van der Waals surface area (Å²) < 4.78 is 4.75. The molecule has 3 heterocycles. The van der Waals surface area contributed by atoms with Crippen LogP contribution in [-0.4, -0.2) is 18.8 Å². The van der Waals surface area contributed by atoms with Gasteiger partial charge in [-0.1, -0.05) is 60.2 Å². The molecule has 5 aromatic rings. The minimum Gasteiger partial charge on any atom is -0.508 e. The first kappa shape index (κ1) is 21.0. The molecule has 7 heteroatoms. The van der Waals surface area contributed by atoms with Gasteiger partial charge in [0, 0.05) is 19.7 Å². The molecule has 0 spiro atoms. The van der Waals surface area contributed by atoms with E-state index in [9.17, 15) is 14.7 Å². The molecule has 0 bridgehead atoms. The van der Waals surface area contributed by atoms with Crippen LogP contribution in [0.3, 0.4) is 0 Å². The smallest absolute Gasteiger partial charge is 0.331 e. The maximum atomic E-state index is 13.7. The van der Waals surface area contributed by atoms with Crippen molar-refractivity contribution in [3.05, 3.63) is 110 Å². The lowest BCUT2D eigenvalue weighted by atomic mass is 9.98. The van der Waals surface area contributed by atoms with Gasteiger partial charge in [0.15, 0.2) is 0 Å². The number of rotatable bonds is 2. The summed E-state index contributed by atoms with van der Waals surface area (Å²) in [6, 6.07) is 22.5. The van der Waals surface area contributed by atoms with Crippen molar-refractivity contribution < 1.29 is 5.11 Å². The molecule has 0 amide bonds. The van der Waals surface area contributed by atoms with Crippen LogP contribution in [0.1, 0.15) is 22.9 Å². The van der Waals surface area contributed by atoms with Gasteiger partial charge in [-0.25, -0.2) is 4.79 Å². The van der Waals surface area contributed by atoms with E-state index in [-0.39, 0.29) is 11.3 Å². The number of hydrogen-bond donors (Lipinski definition) is 2. The Morgan fingerprint density at radius 3 is 2.29 bits per heavy atom. The first-order valence-corrected chi connectivity index (χ1v) is 11.4. The summed E-state index contributed by atoms with van der Waals surface area (Å²) in [6.45, 7) is 2.02. The number of nitrogens with zero attached hydrogens (tertiary/aromatic N) is 3. The largest absolute Gasteiger partial charge is 0.508 e. The van der Waals surface area contributed by atoms with Gasteiger partial charge in [0.25, 0.3) is 5.56 Å². The molecule has 0 radical (unpaired) electrons. The molecule has 2 aromatic heterocycles. The summed E-state index contributed by atoms with van der Waals surface area (Å²) in [4.78, 5) is 26.8. The van der Waals surface area contributed by atoms with E-state index < -0.39 is 11.7 Å². The highest BCUT2D eigenvalue weighted by Crippen LogP contribution is 2.46. The fourth-order valence-corrected chi connectivity index (χ4v) is 5.17. The monoisotopic (exact) mass is 464 g/mol.